The number of benzene rings is 2. The summed E-state index contributed by atoms with van der Waals surface area (Å²) < 4.78 is 36.2. The number of anilines is 1. The van der Waals surface area contributed by atoms with Crippen molar-refractivity contribution >= 4 is 81.4 Å². The van der Waals surface area contributed by atoms with E-state index in [9.17, 15) is 27.6 Å². The average Bonchev–Trinajstić information content (AvgIpc) is 3.22. The molecule has 15 heteroatoms. The SMILES string of the molecule is O=C(N[C@@H]1CON(CC(F)(F)F)C1=O)c1cc(NC(=O)[C@H]2[C@H](c3cc(Cl)cc(Cl)c3)C2(Cl)Cl)ccc1Cl. The summed E-state index contributed by atoms with van der Waals surface area (Å²) in [6, 6.07) is 7.34. The van der Waals surface area contributed by atoms with Gasteiger partial charge in [0.1, 0.15) is 23.5 Å². The van der Waals surface area contributed by atoms with Crippen molar-refractivity contribution in [3.05, 3.63) is 62.6 Å². The van der Waals surface area contributed by atoms with Crippen molar-refractivity contribution in [3.63, 3.8) is 0 Å². The molecule has 7 nitrogen and oxygen atoms in total. The number of carbonyl (C=O) groups excluding carboxylic acids is 3. The van der Waals surface area contributed by atoms with Crippen molar-refractivity contribution in [3.8, 4) is 0 Å². The first-order chi connectivity index (χ1) is 17.2. The van der Waals surface area contributed by atoms with Crippen molar-refractivity contribution in [2.75, 3.05) is 18.5 Å². The summed E-state index contributed by atoms with van der Waals surface area (Å²) in [5.41, 5.74) is 0.589. The Bertz CT molecular complexity index is 1260. The number of amides is 3. The second-order valence-corrected chi connectivity index (χ2v) is 11.1. The van der Waals surface area contributed by atoms with Crippen LogP contribution in [0.15, 0.2) is 36.4 Å². The van der Waals surface area contributed by atoms with E-state index in [1.165, 1.54) is 24.3 Å². The quantitative estimate of drug-likeness (QED) is 0.412. The van der Waals surface area contributed by atoms with Gasteiger partial charge < -0.3 is 10.6 Å². The van der Waals surface area contributed by atoms with Gasteiger partial charge in [0.05, 0.1) is 16.5 Å². The first kappa shape index (κ1) is 28.1. The van der Waals surface area contributed by atoms with Crippen LogP contribution in [0.4, 0.5) is 18.9 Å². The molecular formula is C22H15Cl5F3N3O4. The van der Waals surface area contributed by atoms with Crippen LogP contribution in [0.25, 0.3) is 0 Å². The van der Waals surface area contributed by atoms with Crippen molar-refractivity contribution in [2.45, 2.75) is 22.5 Å². The number of nitrogens with one attached hydrogen (secondary N) is 2. The lowest BCUT2D eigenvalue weighted by atomic mass is 10.1. The van der Waals surface area contributed by atoms with Gasteiger partial charge in [-0.05, 0) is 42.0 Å². The molecule has 1 aliphatic heterocycles. The first-order valence-electron chi connectivity index (χ1n) is 10.4. The van der Waals surface area contributed by atoms with Gasteiger partial charge in [0.15, 0.2) is 0 Å². The first-order valence-corrected chi connectivity index (χ1v) is 12.3. The molecule has 1 heterocycles. The monoisotopic (exact) mass is 617 g/mol. The van der Waals surface area contributed by atoms with E-state index >= 15 is 0 Å². The predicted octanol–water partition coefficient (Wildman–Crippen LogP) is 5.61. The Labute approximate surface area is 233 Å². The third kappa shape index (κ3) is 6.21. The standard InChI is InChI=1S/C22H15Cl5F3N3O4/c23-10-3-9(4-11(24)5-10)16-17(22(16,26)27)19(35)31-12-1-2-14(25)13(6-12)18(34)32-15-7-37-33(20(15)36)8-21(28,29)30/h1-6,15-17H,7-8H2,(H,31,35)(H,32,34)/t15-,16+,17-/m1/s1. The van der Waals surface area contributed by atoms with Gasteiger partial charge in [-0.1, -0.05) is 34.8 Å². The highest BCUT2D eigenvalue weighted by atomic mass is 35.5. The maximum absolute atomic E-state index is 12.9. The Hall–Kier alpha value is -1.95. The van der Waals surface area contributed by atoms with Crippen LogP contribution in [0, 0.1) is 5.92 Å². The van der Waals surface area contributed by atoms with E-state index in [1.54, 1.807) is 12.1 Å². The van der Waals surface area contributed by atoms with Gasteiger partial charge in [-0.25, -0.2) is 5.06 Å². The summed E-state index contributed by atoms with van der Waals surface area (Å²) >= 11 is 30.9. The summed E-state index contributed by atoms with van der Waals surface area (Å²) in [6.07, 6.45) is -4.67. The van der Waals surface area contributed by atoms with Crippen LogP contribution < -0.4 is 10.6 Å². The fraction of sp³-hybridized carbons (Fsp3) is 0.318. The predicted molar refractivity (Wildman–Crippen MR) is 132 cm³/mol. The van der Waals surface area contributed by atoms with Crippen LogP contribution in [0.1, 0.15) is 21.8 Å². The third-order valence-electron chi connectivity index (χ3n) is 5.63. The van der Waals surface area contributed by atoms with Crippen molar-refractivity contribution in [2.24, 2.45) is 5.92 Å². The Balaban J connectivity index is 1.44. The van der Waals surface area contributed by atoms with E-state index in [4.69, 9.17) is 62.8 Å². The van der Waals surface area contributed by atoms with Gasteiger partial charge in [-0.15, -0.1) is 23.2 Å². The summed E-state index contributed by atoms with van der Waals surface area (Å²) in [5, 5.41) is 5.68. The molecule has 0 radical (unpaired) electrons. The van der Waals surface area contributed by atoms with Crippen molar-refractivity contribution < 1.29 is 32.4 Å². The minimum atomic E-state index is -4.67. The highest BCUT2D eigenvalue weighted by Crippen LogP contribution is 2.65. The lowest BCUT2D eigenvalue weighted by molar-refractivity contribution is -0.214. The smallest absolute Gasteiger partial charge is 0.338 e. The van der Waals surface area contributed by atoms with Crippen LogP contribution in [0.3, 0.4) is 0 Å². The molecule has 4 rings (SSSR count). The lowest BCUT2D eigenvalue weighted by Crippen LogP contribution is -2.44. The average molecular weight is 620 g/mol. The molecule has 2 N–H and O–H groups in total. The van der Waals surface area contributed by atoms with Crippen LogP contribution in [-0.4, -0.2) is 52.5 Å². The number of rotatable bonds is 6. The number of hydrogen-bond acceptors (Lipinski definition) is 4. The molecule has 0 bridgehead atoms. The maximum atomic E-state index is 12.9. The number of hydrogen-bond donors (Lipinski definition) is 2. The van der Waals surface area contributed by atoms with E-state index in [0.29, 0.717) is 15.6 Å². The molecule has 0 aromatic heterocycles. The fourth-order valence-electron chi connectivity index (χ4n) is 3.92. The molecule has 0 spiro atoms. The summed E-state index contributed by atoms with van der Waals surface area (Å²) in [4.78, 5) is 42.5. The number of nitrogens with zero attached hydrogens (tertiary/aromatic N) is 1. The normalized spacial score (nSPS) is 22.6. The zero-order valence-electron chi connectivity index (χ0n) is 18.2. The number of halogens is 8. The molecule has 1 saturated heterocycles. The second kappa shape index (κ2) is 10.3. The number of alkyl halides is 5. The zero-order valence-corrected chi connectivity index (χ0v) is 22.0. The molecule has 3 atom stereocenters. The second-order valence-electron chi connectivity index (χ2n) is 8.33. The highest BCUT2D eigenvalue weighted by molar-refractivity contribution is 6.53. The molecular weight excluding hydrogens is 605 g/mol. The summed E-state index contributed by atoms with van der Waals surface area (Å²) in [6.45, 7) is -2.11. The van der Waals surface area contributed by atoms with E-state index in [-0.39, 0.29) is 21.3 Å². The molecule has 0 unspecified atom stereocenters. The Morgan fingerprint density at radius 3 is 2.35 bits per heavy atom. The number of carbonyl (C=O) groups is 3. The fourth-order valence-corrected chi connectivity index (χ4v) is 5.49. The van der Waals surface area contributed by atoms with Gasteiger partial charge >= 0.3 is 6.18 Å². The molecule has 37 heavy (non-hydrogen) atoms. The van der Waals surface area contributed by atoms with Crippen LogP contribution >= 0.6 is 58.0 Å². The molecule has 2 aliphatic rings. The van der Waals surface area contributed by atoms with E-state index in [1.807, 2.05) is 0 Å². The van der Waals surface area contributed by atoms with Crippen molar-refractivity contribution in [1.82, 2.24) is 10.4 Å². The van der Waals surface area contributed by atoms with Gasteiger partial charge in [-0.2, -0.15) is 13.2 Å². The molecule has 2 aromatic rings. The number of hydroxylamine groups is 2. The van der Waals surface area contributed by atoms with Gasteiger partial charge in [0, 0.05) is 21.7 Å². The van der Waals surface area contributed by atoms with Gasteiger partial charge in [0.2, 0.25) is 5.91 Å². The van der Waals surface area contributed by atoms with Crippen molar-refractivity contribution in [1.29, 1.82) is 0 Å². The Morgan fingerprint density at radius 2 is 1.73 bits per heavy atom. The summed E-state index contributed by atoms with van der Waals surface area (Å²) in [5.74, 6) is -3.95. The Morgan fingerprint density at radius 1 is 1.08 bits per heavy atom. The molecule has 1 saturated carbocycles. The lowest BCUT2D eigenvalue weighted by Gasteiger charge is -2.16. The van der Waals surface area contributed by atoms with Crippen LogP contribution in [0.2, 0.25) is 15.1 Å². The molecule has 198 valence electrons. The molecule has 2 fully saturated rings. The van der Waals surface area contributed by atoms with Gasteiger partial charge in [0.25, 0.3) is 11.8 Å². The highest BCUT2D eigenvalue weighted by Gasteiger charge is 2.67. The topological polar surface area (TPSA) is 87.7 Å². The molecule has 3 amide bonds. The van der Waals surface area contributed by atoms with Crippen LogP contribution in [-0.2, 0) is 14.4 Å². The minimum absolute atomic E-state index is 0.0316. The Kier molecular flexibility index (Phi) is 7.82. The van der Waals surface area contributed by atoms with E-state index in [2.05, 4.69) is 10.6 Å². The molecule has 1 aliphatic carbocycles. The largest absolute Gasteiger partial charge is 0.408 e. The van der Waals surface area contributed by atoms with E-state index in [0.717, 1.165) is 0 Å². The summed E-state index contributed by atoms with van der Waals surface area (Å²) in [7, 11) is 0. The van der Waals surface area contributed by atoms with Gasteiger partial charge in [-0.3, -0.25) is 19.2 Å². The molecule has 2 aromatic carbocycles. The van der Waals surface area contributed by atoms with E-state index < -0.39 is 59.3 Å². The maximum Gasteiger partial charge on any atom is 0.408 e. The minimum Gasteiger partial charge on any atom is -0.338 e. The third-order valence-corrected chi connectivity index (χ3v) is 7.33. The zero-order chi connectivity index (χ0) is 27.3. The van der Waals surface area contributed by atoms with Crippen LogP contribution in [0.5, 0.6) is 0 Å².